The molecule has 0 spiro atoms. The molecule has 4 rings (SSSR count). The maximum Gasteiger partial charge on any atom is 0.338 e. The van der Waals surface area contributed by atoms with Crippen LogP contribution in [-0.4, -0.2) is 69.2 Å². The van der Waals surface area contributed by atoms with Gasteiger partial charge in [-0.25, -0.2) is 14.4 Å². The average Bonchev–Trinajstić information content (AvgIpc) is 3.10. The Morgan fingerprint density at radius 1 is 0.686 bits per heavy atom. The number of amides is 2. The summed E-state index contributed by atoms with van der Waals surface area (Å²) in [5.74, 6) is 0.0793. The number of aromatic nitrogens is 5. The normalized spacial score (nSPS) is 10.6. The molecule has 51 heavy (non-hydrogen) atoms. The molecule has 0 atom stereocenters. The van der Waals surface area contributed by atoms with E-state index in [1.165, 1.54) is 6.07 Å². The van der Waals surface area contributed by atoms with Crippen molar-refractivity contribution in [1.82, 2.24) is 30.2 Å². The fourth-order valence-corrected chi connectivity index (χ4v) is 4.43. The van der Waals surface area contributed by atoms with Crippen LogP contribution in [0.4, 0.5) is 40.0 Å². The molecule has 0 bridgehead atoms. The molecule has 16 heteroatoms. The number of hydrogen-bond acceptors (Lipinski definition) is 13. The Morgan fingerprint density at radius 2 is 1.20 bits per heavy atom. The van der Waals surface area contributed by atoms with Crippen molar-refractivity contribution in [3.63, 3.8) is 0 Å². The number of rotatable bonds is 19. The van der Waals surface area contributed by atoms with Crippen LogP contribution in [0.25, 0.3) is 0 Å². The first-order chi connectivity index (χ1) is 24.7. The van der Waals surface area contributed by atoms with Crippen molar-refractivity contribution >= 4 is 53.1 Å². The molecule has 0 unspecified atom stereocenters. The Kier molecular flexibility index (Phi) is 14.7. The highest BCUT2D eigenvalue weighted by Gasteiger charge is 2.12. The quantitative estimate of drug-likeness (QED) is 0.0514. The summed E-state index contributed by atoms with van der Waals surface area (Å²) in [6, 6.07) is 14.4. The minimum Gasteiger partial charge on any atom is -0.462 e. The van der Waals surface area contributed by atoms with Crippen LogP contribution in [0, 0.1) is 6.92 Å². The van der Waals surface area contributed by atoms with Gasteiger partial charge in [0.15, 0.2) is 0 Å². The van der Waals surface area contributed by atoms with E-state index in [1.807, 2.05) is 13.8 Å². The van der Waals surface area contributed by atoms with E-state index in [9.17, 15) is 19.2 Å². The van der Waals surface area contributed by atoms with Gasteiger partial charge in [0.05, 0.1) is 24.3 Å². The van der Waals surface area contributed by atoms with Gasteiger partial charge >= 0.3 is 18.0 Å². The van der Waals surface area contributed by atoms with E-state index in [0.29, 0.717) is 73.3 Å². The molecule has 0 saturated heterocycles. The SMILES string of the molecule is CCCCOC(=O)c1ccc(Nc2nc(NCCCCNC(=O)Nc3nc(=O)cc(C)[nH]3)nc(Nc3ccc(C(=O)OCCCC)cc3)n2)cc1. The van der Waals surface area contributed by atoms with Crippen molar-refractivity contribution in [2.45, 2.75) is 59.3 Å². The number of anilines is 6. The van der Waals surface area contributed by atoms with Gasteiger partial charge in [0.25, 0.3) is 5.56 Å². The number of nitrogens with one attached hydrogen (secondary N) is 6. The first-order valence-electron chi connectivity index (χ1n) is 16.9. The number of esters is 2. The Hall–Kier alpha value is -6.06. The molecule has 6 N–H and O–H groups in total. The Morgan fingerprint density at radius 3 is 1.71 bits per heavy atom. The fourth-order valence-electron chi connectivity index (χ4n) is 4.43. The van der Waals surface area contributed by atoms with Crippen molar-refractivity contribution in [2.75, 3.05) is 47.6 Å². The maximum absolute atomic E-state index is 12.3. The van der Waals surface area contributed by atoms with Crippen LogP contribution in [0.1, 0.15) is 78.8 Å². The van der Waals surface area contributed by atoms with Gasteiger partial charge in [-0.2, -0.15) is 19.9 Å². The van der Waals surface area contributed by atoms with Crippen molar-refractivity contribution in [1.29, 1.82) is 0 Å². The third-order valence-corrected chi connectivity index (χ3v) is 7.13. The highest BCUT2D eigenvalue weighted by Crippen LogP contribution is 2.20. The van der Waals surface area contributed by atoms with Gasteiger partial charge in [0, 0.05) is 36.2 Å². The van der Waals surface area contributed by atoms with Crippen LogP contribution < -0.4 is 32.1 Å². The summed E-state index contributed by atoms with van der Waals surface area (Å²) in [5, 5.41) is 14.7. The van der Waals surface area contributed by atoms with Crippen molar-refractivity contribution in [3.8, 4) is 0 Å². The average molecular weight is 701 g/mol. The molecular weight excluding hydrogens is 656 g/mol. The van der Waals surface area contributed by atoms with Crippen molar-refractivity contribution in [3.05, 3.63) is 81.8 Å². The predicted molar refractivity (Wildman–Crippen MR) is 194 cm³/mol. The number of carbonyl (C=O) groups excluding carboxylic acids is 3. The second-order valence-electron chi connectivity index (χ2n) is 11.5. The number of carbonyl (C=O) groups is 3. The molecule has 0 aliphatic heterocycles. The number of H-pyrrole nitrogens is 1. The zero-order valence-corrected chi connectivity index (χ0v) is 29.0. The topological polar surface area (TPSA) is 214 Å². The maximum atomic E-state index is 12.3. The van der Waals surface area contributed by atoms with Gasteiger partial charge in [-0.05, 0) is 81.1 Å². The van der Waals surface area contributed by atoms with Crippen LogP contribution in [0.5, 0.6) is 0 Å². The van der Waals surface area contributed by atoms with E-state index in [0.717, 1.165) is 25.7 Å². The minimum atomic E-state index is -0.483. The molecule has 0 radical (unpaired) electrons. The lowest BCUT2D eigenvalue weighted by atomic mass is 10.2. The summed E-state index contributed by atoms with van der Waals surface area (Å²) < 4.78 is 10.6. The molecule has 2 aromatic carbocycles. The van der Waals surface area contributed by atoms with Gasteiger partial charge < -0.3 is 35.7 Å². The van der Waals surface area contributed by atoms with Crippen LogP contribution in [0.15, 0.2) is 59.4 Å². The number of ether oxygens (including phenoxy) is 2. The Labute approximate surface area is 295 Å². The smallest absolute Gasteiger partial charge is 0.338 e. The number of benzene rings is 2. The summed E-state index contributed by atoms with van der Waals surface area (Å²) in [4.78, 5) is 68.4. The standard InChI is InChI=1S/C35H44N10O6/c1-4-6-20-50-29(47)24-10-14-26(15-11-24)39-33-42-31(36-18-8-9-19-37-35(49)45-32-38-23(3)22-28(46)41-32)43-34(44-33)40-27-16-12-25(13-17-27)30(48)51-21-7-5-2/h10-17,22H,4-9,18-21H2,1-3H3,(H3,36,39,40,42,43,44)(H3,37,38,41,45,46,49). The zero-order chi connectivity index (χ0) is 36.4. The molecule has 2 amide bonds. The summed E-state index contributed by atoms with van der Waals surface area (Å²) in [6.45, 7) is 7.37. The molecule has 0 saturated carbocycles. The van der Waals surface area contributed by atoms with E-state index in [4.69, 9.17) is 9.47 Å². The Bertz CT molecular complexity index is 1710. The summed E-state index contributed by atoms with van der Waals surface area (Å²) >= 11 is 0. The molecule has 0 aliphatic rings. The number of aromatic amines is 1. The number of aryl methyl sites for hydroxylation is 1. The summed E-state index contributed by atoms with van der Waals surface area (Å²) in [5.41, 5.74) is 2.29. The minimum absolute atomic E-state index is 0.0737. The third-order valence-electron chi connectivity index (χ3n) is 7.13. The molecule has 0 aliphatic carbocycles. The molecule has 0 fully saturated rings. The first kappa shape index (κ1) is 37.8. The lowest BCUT2D eigenvalue weighted by Crippen LogP contribution is -2.31. The van der Waals surface area contributed by atoms with Crippen LogP contribution in [-0.2, 0) is 9.47 Å². The lowest BCUT2D eigenvalue weighted by molar-refractivity contribution is 0.0490. The molecule has 270 valence electrons. The van der Waals surface area contributed by atoms with Crippen LogP contribution >= 0.6 is 0 Å². The number of hydrogen-bond donors (Lipinski definition) is 6. The Balaban J connectivity index is 1.37. The second kappa shape index (κ2) is 19.8. The van der Waals surface area contributed by atoms with Gasteiger partial charge in [0.1, 0.15) is 0 Å². The number of unbranched alkanes of at least 4 members (excludes halogenated alkanes) is 3. The highest BCUT2D eigenvalue weighted by molar-refractivity contribution is 5.90. The van der Waals surface area contributed by atoms with E-state index >= 15 is 0 Å². The molecule has 2 aromatic heterocycles. The van der Waals surface area contributed by atoms with E-state index in [-0.39, 0.29) is 29.8 Å². The molecule has 2 heterocycles. The van der Waals surface area contributed by atoms with E-state index in [2.05, 4.69) is 51.5 Å². The second-order valence-corrected chi connectivity index (χ2v) is 11.5. The van der Waals surface area contributed by atoms with Crippen molar-refractivity contribution in [2.24, 2.45) is 0 Å². The summed E-state index contributed by atoms with van der Waals surface area (Å²) in [6.07, 6.45) is 4.78. The first-order valence-corrected chi connectivity index (χ1v) is 16.9. The monoisotopic (exact) mass is 700 g/mol. The largest absolute Gasteiger partial charge is 0.462 e. The van der Waals surface area contributed by atoms with Gasteiger partial charge in [0.2, 0.25) is 23.8 Å². The van der Waals surface area contributed by atoms with Gasteiger partial charge in [-0.15, -0.1) is 0 Å². The number of nitrogens with zero attached hydrogens (tertiary/aromatic N) is 4. The lowest BCUT2D eigenvalue weighted by Gasteiger charge is -2.12. The molecular formula is C35H44N10O6. The van der Waals surface area contributed by atoms with Crippen LogP contribution in [0.2, 0.25) is 0 Å². The van der Waals surface area contributed by atoms with Gasteiger partial charge in [-0.1, -0.05) is 26.7 Å². The van der Waals surface area contributed by atoms with Crippen molar-refractivity contribution < 1.29 is 23.9 Å². The molecule has 16 nitrogen and oxygen atoms in total. The van der Waals surface area contributed by atoms with E-state index in [1.54, 1.807) is 55.5 Å². The summed E-state index contributed by atoms with van der Waals surface area (Å²) in [7, 11) is 0. The predicted octanol–water partition coefficient (Wildman–Crippen LogP) is 5.68. The zero-order valence-electron chi connectivity index (χ0n) is 29.0. The fraction of sp³-hybridized carbons (Fsp3) is 0.371. The number of urea groups is 1. The third kappa shape index (κ3) is 13.1. The highest BCUT2D eigenvalue weighted by atomic mass is 16.5. The van der Waals surface area contributed by atoms with Gasteiger partial charge in [-0.3, -0.25) is 10.1 Å². The molecule has 4 aromatic rings. The van der Waals surface area contributed by atoms with E-state index < -0.39 is 11.6 Å². The van der Waals surface area contributed by atoms with Crippen LogP contribution in [0.3, 0.4) is 0 Å².